The summed E-state index contributed by atoms with van der Waals surface area (Å²) < 4.78 is 0. The Balaban J connectivity index is 2.19. The Kier molecular flexibility index (Phi) is 3.20. The summed E-state index contributed by atoms with van der Waals surface area (Å²) in [7, 11) is 0. The van der Waals surface area contributed by atoms with Crippen LogP contribution in [-0.4, -0.2) is 17.0 Å². The van der Waals surface area contributed by atoms with Crippen molar-refractivity contribution in [3.05, 3.63) is 52.2 Å². The molecule has 1 aromatic heterocycles. The first-order chi connectivity index (χ1) is 8.18. The van der Waals surface area contributed by atoms with Crippen LogP contribution in [0.2, 0.25) is 0 Å². The molecule has 2 aromatic rings. The Morgan fingerprint density at radius 2 is 1.82 bits per heavy atom. The number of benzene rings is 1. The summed E-state index contributed by atoms with van der Waals surface area (Å²) in [5.41, 5.74) is 0.936. The van der Waals surface area contributed by atoms with E-state index in [4.69, 9.17) is 5.11 Å². The molecule has 0 bridgehead atoms. The molecule has 0 saturated heterocycles. The minimum atomic E-state index is -1.05. The number of rotatable bonds is 3. The SMILES string of the molecule is O=C(Nc1cscc1C(=O)O)c1ccccc1. The van der Waals surface area contributed by atoms with Gasteiger partial charge in [0.25, 0.3) is 5.91 Å². The van der Waals surface area contributed by atoms with Crippen LogP contribution in [0.15, 0.2) is 41.1 Å². The van der Waals surface area contributed by atoms with Gasteiger partial charge in [0, 0.05) is 16.3 Å². The van der Waals surface area contributed by atoms with E-state index in [1.165, 1.54) is 16.7 Å². The van der Waals surface area contributed by atoms with E-state index in [0.717, 1.165) is 0 Å². The molecular formula is C12H9NO3S. The molecule has 0 saturated carbocycles. The molecule has 4 nitrogen and oxygen atoms in total. The van der Waals surface area contributed by atoms with E-state index in [2.05, 4.69) is 5.32 Å². The summed E-state index contributed by atoms with van der Waals surface area (Å²) >= 11 is 1.24. The molecule has 0 spiro atoms. The number of thiophene rings is 1. The number of nitrogens with one attached hydrogen (secondary N) is 1. The number of carboxylic acids is 1. The first-order valence-electron chi connectivity index (χ1n) is 4.84. The molecule has 2 N–H and O–H groups in total. The molecule has 0 aliphatic rings. The molecule has 17 heavy (non-hydrogen) atoms. The molecule has 1 aromatic carbocycles. The van der Waals surface area contributed by atoms with Crippen molar-refractivity contribution in [1.29, 1.82) is 0 Å². The van der Waals surface area contributed by atoms with Crippen LogP contribution in [0.3, 0.4) is 0 Å². The molecule has 0 atom stereocenters. The quantitative estimate of drug-likeness (QED) is 0.876. The van der Waals surface area contributed by atoms with Crippen LogP contribution >= 0.6 is 11.3 Å². The minimum Gasteiger partial charge on any atom is -0.478 e. The number of hydrogen-bond acceptors (Lipinski definition) is 3. The highest BCUT2D eigenvalue weighted by Crippen LogP contribution is 2.21. The fraction of sp³-hybridized carbons (Fsp3) is 0. The molecule has 0 fully saturated rings. The van der Waals surface area contributed by atoms with Crippen LogP contribution in [0, 0.1) is 0 Å². The minimum absolute atomic E-state index is 0.110. The fourth-order valence-corrected chi connectivity index (χ4v) is 2.10. The van der Waals surface area contributed by atoms with Crippen molar-refractivity contribution in [3.63, 3.8) is 0 Å². The lowest BCUT2D eigenvalue weighted by atomic mass is 10.2. The number of aromatic carboxylic acids is 1. The van der Waals surface area contributed by atoms with Gasteiger partial charge in [-0.15, -0.1) is 11.3 Å². The van der Waals surface area contributed by atoms with E-state index in [9.17, 15) is 9.59 Å². The maximum atomic E-state index is 11.8. The molecule has 0 radical (unpaired) electrons. The lowest BCUT2D eigenvalue weighted by molar-refractivity contribution is 0.0698. The summed E-state index contributed by atoms with van der Waals surface area (Å²) in [6.07, 6.45) is 0. The summed E-state index contributed by atoms with van der Waals surface area (Å²) in [6.45, 7) is 0. The predicted molar refractivity (Wildman–Crippen MR) is 65.7 cm³/mol. The number of amides is 1. The van der Waals surface area contributed by atoms with Crippen LogP contribution in [0.1, 0.15) is 20.7 Å². The van der Waals surface area contributed by atoms with Gasteiger partial charge >= 0.3 is 5.97 Å². The topological polar surface area (TPSA) is 66.4 Å². The van der Waals surface area contributed by atoms with Crippen molar-refractivity contribution in [3.8, 4) is 0 Å². The molecule has 2 rings (SSSR count). The zero-order valence-corrected chi connectivity index (χ0v) is 9.53. The first kappa shape index (κ1) is 11.3. The monoisotopic (exact) mass is 247 g/mol. The van der Waals surface area contributed by atoms with Gasteiger partial charge in [0.1, 0.15) is 0 Å². The second-order valence-electron chi connectivity index (χ2n) is 3.32. The van der Waals surface area contributed by atoms with E-state index in [1.807, 2.05) is 6.07 Å². The van der Waals surface area contributed by atoms with Gasteiger partial charge in [0.05, 0.1) is 11.3 Å². The van der Waals surface area contributed by atoms with Crippen molar-refractivity contribution in [1.82, 2.24) is 0 Å². The maximum Gasteiger partial charge on any atom is 0.338 e. The van der Waals surface area contributed by atoms with Gasteiger partial charge in [-0.25, -0.2) is 4.79 Å². The van der Waals surface area contributed by atoms with Gasteiger partial charge in [-0.3, -0.25) is 4.79 Å². The molecule has 5 heteroatoms. The van der Waals surface area contributed by atoms with Crippen molar-refractivity contribution < 1.29 is 14.7 Å². The Morgan fingerprint density at radius 3 is 2.47 bits per heavy atom. The molecule has 0 aliphatic heterocycles. The molecule has 86 valence electrons. The Bertz CT molecular complexity index is 548. The van der Waals surface area contributed by atoms with Crippen LogP contribution in [0.5, 0.6) is 0 Å². The number of carbonyl (C=O) groups is 2. The average Bonchev–Trinajstić information content (AvgIpc) is 2.78. The van der Waals surface area contributed by atoms with E-state index in [1.54, 1.807) is 29.6 Å². The van der Waals surface area contributed by atoms with Crippen molar-refractivity contribution >= 4 is 28.9 Å². The summed E-state index contributed by atoms with van der Waals surface area (Å²) in [5, 5.41) is 14.6. The molecule has 1 heterocycles. The van der Waals surface area contributed by atoms with Crippen LogP contribution in [0.25, 0.3) is 0 Å². The van der Waals surface area contributed by atoms with E-state index < -0.39 is 5.97 Å². The highest BCUT2D eigenvalue weighted by Gasteiger charge is 2.14. The number of hydrogen-bond donors (Lipinski definition) is 2. The van der Waals surface area contributed by atoms with Crippen LogP contribution in [-0.2, 0) is 0 Å². The van der Waals surface area contributed by atoms with Crippen LogP contribution < -0.4 is 5.32 Å². The van der Waals surface area contributed by atoms with E-state index >= 15 is 0 Å². The highest BCUT2D eigenvalue weighted by atomic mass is 32.1. The maximum absolute atomic E-state index is 11.8. The first-order valence-corrected chi connectivity index (χ1v) is 5.78. The largest absolute Gasteiger partial charge is 0.478 e. The smallest absolute Gasteiger partial charge is 0.338 e. The van der Waals surface area contributed by atoms with Crippen molar-refractivity contribution in [2.75, 3.05) is 5.32 Å². The van der Waals surface area contributed by atoms with Gasteiger partial charge < -0.3 is 10.4 Å². The normalized spacial score (nSPS) is 9.88. The lowest BCUT2D eigenvalue weighted by Gasteiger charge is -2.04. The number of anilines is 1. The third kappa shape index (κ3) is 2.51. The molecular weight excluding hydrogens is 238 g/mol. The summed E-state index contributed by atoms with van der Waals surface area (Å²) in [4.78, 5) is 22.6. The number of carboxylic acid groups (broad SMARTS) is 1. The summed E-state index contributed by atoms with van der Waals surface area (Å²) in [6, 6.07) is 8.65. The molecule has 0 unspecified atom stereocenters. The summed E-state index contributed by atoms with van der Waals surface area (Å²) in [5.74, 6) is -1.36. The van der Waals surface area contributed by atoms with E-state index in [-0.39, 0.29) is 11.5 Å². The third-order valence-corrected chi connectivity index (χ3v) is 2.92. The number of carbonyl (C=O) groups excluding carboxylic acids is 1. The second kappa shape index (κ2) is 4.80. The third-order valence-electron chi connectivity index (χ3n) is 2.18. The Hall–Kier alpha value is -2.14. The lowest BCUT2D eigenvalue weighted by Crippen LogP contribution is -2.13. The molecule has 1 amide bonds. The van der Waals surface area contributed by atoms with Gasteiger partial charge in [0.15, 0.2) is 0 Å². The van der Waals surface area contributed by atoms with Gasteiger partial charge in [-0.05, 0) is 12.1 Å². The van der Waals surface area contributed by atoms with Gasteiger partial charge in [0.2, 0.25) is 0 Å². The second-order valence-corrected chi connectivity index (χ2v) is 4.07. The predicted octanol–water partition coefficient (Wildman–Crippen LogP) is 2.70. The van der Waals surface area contributed by atoms with Crippen molar-refractivity contribution in [2.24, 2.45) is 0 Å². The fourth-order valence-electron chi connectivity index (χ4n) is 1.34. The van der Waals surface area contributed by atoms with Crippen LogP contribution in [0.4, 0.5) is 5.69 Å². The van der Waals surface area contributed by atoms with Gasteiger partial charge in [-0.2, -0.15) is 0 Å². The standard InChI is InChI=1S/C12H9NO3S/c14-11(8-4-2-1-3-5-8)13-10-7-17-6-9(10)12(15)16/h1-7H,(H,13,14)(H,15,16). The zero-order valence-electron chi connectivity index (χ0n) is 8.71. The Morgan fingerprint density at radius 1 is 1.12 bits per heavy atom. The van der Waals surface area contributed by atoms with Crippen molar-refractivity contribution in [2.45, 2.75) is 0 Å². The highest BCUT2D eigenvalue weighted by molar-refractivity contribution is 7.08. The Labute approximate surface area is 102 Å². The van der Waals surface area contributed by atoms with Gasteiger partial charge in [-0.1, -0.05) is 18.2 Å². The van der Waals surface area contributed by atoms with E-state index in [0.29, 0.717) is 11.3 Å². The molecule has 0 aliphatic carbocycles. The zero-order chi connectivity index (χ0) is 12.3. The average molecular weight is 247 g/mol.